The Morgan fingerprint density at radius 1 is 1.06 bits per heavy atom. The van der Waals surface area contributed by atoms with Crippen LogP contribution in [-0.4, -0.2) is 29.6 Å². The number of aromatic nitrogens is 1. The predicted molar refractivity (Wildman–Crippen MR) is 126 cm³/mol. The third kappa shape index (κ3) is 6.65. The summed E-state index contributed by atoms with van der Waals surface area (Å²) in [6, 6.07) is 16.7. The molecule has 0 saturated carbocycles. The van der Waals surface area contributed by atoms with E-state index in [9.17, 15) is 9.59 Å². The van der Waals surface area contributed by atoms with Crippen LogP contribution in [0.2, 0.25) is 0 Å². The zero-order chi connectivity index (χ0) is 22.9. The normalized spacial score (nSPS) is 11.8. The molecule has 1 unspecified atom stereocenters. The Balaban J connectivity index is 1.70. The number of nitrogens with zero attached hydrogens (tertiary/aromatic N) is 1. The van der Waals surface area contributed by atoms with Crippen molar-refractivity contribution in [3.63, 3.8) is 0 Å². The molecule has 1 aromatic heterocycles. The maximum atomic E-state index is 12.8. The van der Waals surface area contributed by atoms with Gasteiger partial charge in [0.15, 0.2) is 0 Å². The average molecular weight is 453 g/mol. The van der Waals surface area contributed by atoms with Gasteiger partial charge in [-0.3, -0.25) is 9.59 Å². The van der Waals surface area contributed by atoms with Gasteiger partial charge >= 0.3 is 5.97 Å². The molecule has 3 rings (SSSR count). The smallest absolute Gasteiger partial charge is 0.308 e. The second-order valence-corrected chi connectivity index (χ2v) is 8.38. The van der Waals surface area contributed by atoms with E-state index in [2.05, 4.69) is 10.3 Å². The molecule has 32 heavy (non-hydrogen) atoms. The number of benzene rings is 2. The standard InChI is InChI=1S/C25H28N2O4S/c1-4-30-22-13-9-8-12-20(22)25-26-19(16-32-25)14-23(28)27-21(15-24(29)31-17(2)3)18-10-6-5-7-11-18/h5-13,16-17,21H,4,14-15H2,1-3H3,(H,27,28). The maximum absolute atomic E-state index is 12.8. The van der Waals surface area contributed by atoms with Crippen LogP contribution in [0.15, 0.2) is 60.0 Å². The zero-order valence-corrected chi connectivity index (χ0v) is 19.4. The number of thiazole rings is 1. The fourth-order valence-electron chi connectivity index (χ4n) is 3.26. The Hall–Kier alpha value is -3.19. The van der Waals surface area contributed by atoms with E-state index < -0.39 is 6.04 Å². The van der Waals surface area contributed by atoms with Gasteiger partial charge in [0.1, 0.15) is 10.8 Å². The molecule has 0 aliphatic rings. The topological polar surface area (TPSA) is 77.5 Å². The Kier molecular flexibility index (Phi) is 8.39. The van der Waals surface area contributed by atoms with Gasteiger partial charge in [-0.05, 0) is 38.5 Å². The molecule has 6 nitrogen and oxygen atoms in total. The van der Waals surface area contributed by atoms with Gasteiger partial charge in [0, 0.05) is 5.38 Å². The lowest BCUT2D eigenvalue weighted by atomic mass is 10.0. The molecule has 0 fully saturated rings. The lowest BCUT2D eigenvalue weighted by Gasteiger charge is -2.19. The average Bonchev–Trinajstić information content (AvgIpc) is 3.22. The van der Waals surface area contributed by atoms with Crippen molar-refractivity contribution in [3.05, 3.63) is 71.2 Å². The van der Waals surface area contributed by atoms with Crippen molar-refractivity contribution in [1.82, 2.24) is 10.3 Å². The SMILES string of the molecule is CCOc1ccccc1-c1nc(CC(=O)NC(CC(=O)OC(C)C)c2ccccc2)cs1. The van der Waals surface area contributed by atoms with Crippen LogP contribution in [0.5, 0.6) is 5.75 Å². The molecule has 1 amide bonds. The van der Waals surface area contributed by atoms with Crippen molar-refractivity contribution in [2.45, 2.75) is 45.8 Å². The first-order valence-electron chi connectivity index (χ1n) is 10.7. The lowest BCUT2D eigenvalue weighted by Crippen LogP contribution is -2.32. The van der Waals surface area contributed by atoms with E-state index in [0.29, 0.717) is 12.3 Å². The van der Waals surface area contributed by atoms with Gasteiger partial charge in [-0.2, -0.15) is 0 Å². The van der Waals surface area contributed by atoms with Crippen LogP contribution in [0.25, 0.3) is 10.6 Å². The van der Waals surface area contributed by atoms with Crippen LogP contribution in [0.4, 0.5) is 0 Å². The highest BCUT2D eigenvalue weighted by molar-refractivity contribution is 7.13. The van der Waals surface area contributed by atoms with E-state index in [1.165, 1.54) is 11.3 Å². The van der Waals surface area contributed by atoms with Crippen LogP contribution < -0.4 is 10.1 Å². The molecule has 0 saturated heterocycles. The number of nitrogens with one attached hydrogen (secondary N) is 1. The van der Waals surface area contributed by atoms with Crippen molar-refractivity contribution < 1.29 is 19.1 Å². The first kappa shape index (κ1) is 23.5. The van der Waals surface area contributed by atoms with Crippen molar-refractivity contribution in [1.29, 1.82) is 0 Å². The van der Waals surface area contributed by atoms with Gasteiger partial charge in [-0.15, -0.1) is 11.3 Å². The van der Waals surface area contributed by atoms with Gasteiger partial charge in [0.2, 0.25) is 5.91 Å². The summed E-state index contributed by atoms with van der Waals surface area (Å²) in [7, 11) is 0. The Morgan fingerprint density at radius 3 is 2.50 bits per heavy atom. The summed E-state index contributed by atoms with van der Waals surface area (Å²) in [6.07, 6.45) is -0.0176. The summed E-state index contributed by atoms with van der Waals surface area (Å²) in [5.41, 5.74) is 2.43. The summed E-state index contributed by atoms with van der Waals surface area (Å²) >= 11 is 1.47. The summed E-state index contributed by atoms with van der Waals surface area (Å²) < 4.78 is 11.0. The number of rotatable bonds is 10. The van der Waals surface area contributed by atoms with Crippen LogP contribution in [-0.2, 0) is 20.7 Å². The summed E-state index contributed by atoms with van der Waals surface area (Å²) in [5.74, 6) is 0.219. The molecule has 0 spiro atoms. The lowest BCUT2D eigenvalue weighted by molar-refractivity contribution is -0.148. The number of para-hydroxylation sites is 1. The highest BCUT2D eigenvalue weighted by Gasteiger charge is 2.21. The Morgan fingerprint density at radius 2 is 1.78 bits per heavy atom. The van der Waals surface area contributed by atoms with E-state index in [-0.39, 0.29) is 30.8 Å². The molecule has 7 heteroatoms. The third-order valence-electron chi connectivity index (χ3n) is 4.59. The highest BCUT2D eigenvalue weighted by Crippen LogP contribution is 2.32. The van der Waals surface area contributed by atoms with Gasteiger partial charge in [-0.25, -0.2) is 4.98 Å². The third-order valence-corrected chi connectivity index (χ3v) is 5.51. The maximum Gasteiger partial charge on any atom is 0.308 e. The number of esters is 1. The van der Waals surface area contributed by atoms with E-state index in [4.69, 9.17) is 9.47 Å². The largest absolute Gasteiger partial charge is 0.493 e. The molecule has 168 valence electrons. The summed E-state index contributed by atoms with van der Waals surface area (Å²) in [6.45, 7) is 6.11. The monoisotopic (exact) mass is 452 g/mol. The van der Waals surface area contributed by atoms with Crippen LogP contribution in [0.1, 0.15) is 44.5 Å². The van der Waals surface area contributed by atoms with Gasteiger partial charge < -0.3 is 14.8 Å². The first-order chi connectivity index (χ1) is 15.5. The first-order valence-corrected chi connectivity index (χ1v) is 11.5. The van der Waals surface area contributed by atoms with Crippen LogP contribution in [0.3, 0.4) is 0 Å². The summed E-state index contributed by atoms with van der Waals surface area (Å²) in [4.78, 5) is 29.6. The molecular formula is C25H28N2O4S. The molecule has 0 aliphatic heterocycles. The Bertz CT molecular complexity index is 1030. The quantitative estimate of drug-likeness (QED) is 0.441. The number of hydrogen-bond donors (Lipinski definition) is 1. The number of carbonyl (C=O) groups is 2. The zero-order valence-electron chi connectivity index (χ0n) is 18.5. The number of ether oxygens (including phenoxy) is 2. The van der Waals surface area contributed by atoms with Gasteiger partial charge in [-0.1, -0.05) is 42.5 Å². The van der Waals surface area contributed by atoms with Crippen molar-refractivity contribution >= 4 is 23.2 Å². The van der Waals surface area contributed by atoms with E-state index in [1.807, 2.05) is 66.9 Å². The van der Waals surface area contributed by atoms with E-state index in [0.717, 1.165) is 21.9 Å². The van der Waals surface area contributed by atoms with Crippen molar-refractivity contribution in [3.8, 4) is 16.3 Å². The minimum atomic E-state index is -0.466. The number of carbonyl (C=O) groups excluding carboxylic acids is 2. The fraction of sp³-hybridized carbons (Fsp3) is 0.320. The van der Waals surface area contributed by atoms with Crippen molar-refractivity contribution in [2.75, 3.05) is 6.61 Å². The molecular weight excluding hydrogens is 424 g/mol. The predicted octanol–water partition coefficient (Wildman–Crippen LogP) is 4.95. The molecule has 3 aromatic rings. The second kappa shape index (κ2) is 11.4. The highest BCUT2D eigenvalue weighted by atomic mass is 32.1. The van der Waals surface area contributed by atoms with Gasteiger partial charge in [0.25, 0.3) is 0 Å². The molecule has 1 heterocycles. The summed E-state index contributed by atoms with van der Waals surface area (Å²) in [5, 5.41) is 5.65. The molecule has 1 atom stereocenters. The van der Waals surface area contributed by atoms with Crippen molar-refractivity contribution in [2.24, 2.45) is 0 Å². The Labute approximate surface area is 192 Å². The molecule has 0 bridgehead atoms. The number of amides is 1. The fourth-order valence-corrected chi connectivity index (χ4v) is 4.11. The van der Waals surface area contributed by atoms with Crippen LogP contribution >= 0.6 is 11.3 Å². The number of hydrogen-bond acceptors (Lipinski definition) is 6. The molecule has 2 aromatic carbocycles. The minimum absolute atomic E-state index is 0.0674. The minimum Gasteiger partial charge on any atom is -0.493 e. The molecule has 0 radical (unpaired) electrons. The van der Waals surface area contributed by atoms with E-state index in [1.54, 1.807) is 13.8 Å². The second-order valence-electron chi connectivity index (χ2n) is 7.52. The molecule has 0 aliphatic carbocycles. The van der Waals surface area contributed by atoms with Crippen LogP contribution in [0, 0.1) is 0 Å². The molecule has 1 N–H and O–H groups in total. The van der Waals surface area contributed by atoms with Gasteiger partial charge in [0.05, 0.1) is 42.9 Å². The van der Waals surface area contributed by atoms with E-state index >= 15 is 0 Å².